The van der Waals surface area contributed by atoms with Crippen molar-refractivity contribution in [2.45, 2.75) is 105 Å². The van der Waals surface area contributed by atoms with Gasteiger partial charge in [0.15, 0.2) is 0 Å². The van der Waals surface area contributed by atoms with Gasteiger partial charge >= 0.3 is 0 Å². The molecule has 20 heavy (non-hydrogen) atoms. The van der Waals surface area contributed by atoms with E-state index in [0.29, 0.717) is 5.41 Å². The van der Waals surface area contributed by atoms with Gasteiger partial charge in [0.25, 0.3) is 0 Å². The van der Waals surface area contributed by atoms with Gasteiger partial charge in [0.1, 0.15) is 0 Å². The van der Waals surface area contributed by atoms with Gasteiger partial charge < -0.3 is 5.32 Å². The Balaban J connectivity index is 3.63. The molecule has 1 N–H and O–H groups in total. The van der Waals surface area contributed by atoms with Gasteiger partial charge in [-0.3, -0.25) is 0 Å². The maximum atomic E-state index is 3.64. The molecule has 1 heteroatoms. The van der Waals surface area contributed by atoms with Crippen molar-refractivity contribution in [2.24, 2.45) is 5.41 Å². The second kappa shape index (κ2) is 13.9. The van der Waals surface area contributed by atoms with Crippen LogP contribution >= 0.6 is 0 Å². The minimum atomic E-state index is 0.534. The van der Waals surface area contributed by atoms with Crippen LogP contribution < -0.4 is 5.32 Å². The van der Waals surface area contributed by atoms with Gasteiger partial charge in [0.05, 0.1) is 0 Å². The fraction of sp³-hybridized carbons (Fsp3) is 1.00. The van der Waals surface area contributed by atoms with Gasteiger partial charge in [-0.2, -0.15) is 0 Å². The lowest BCUT2D eigenvalue weighted by atomic mass is 9.80. The van der Waals surface area contributed by atoms with E-state index in [0.717, 1.165) is 0 Å². The van der Waals surface area contributed by atoms with Gasteiger partial charge in [0, 0.05) is 6.54 Å². The van der Waals surface area contributed by atoms with Crippen LogP contribution in [0.5, 0.6) is 0 Å². The summed E-state index contributed by atoms with van der Waals surface area (Å²) in [6.07, 6.45) is 16.8. The van der Waals surface area contributed by atoms with Crippen molar-refractivity contribution < 1.29 is 0 Å². The molecule has 0 aromatic rings. The highest BCUT2D eigenvalue weighted by Crippen LogP contribution is 2.29. The molecule has 0 aliphatic heterocycles. The summed E-state index contributed by atoms with van der Waals surface area (Å²) in [6, 6.07) is 0. The van der Waals surface area contributed by atoms with Crippen LogP contribution in [-0.2, 0) is 0 Å². The second-order valence-electron chi connectivity index (χ2n) is 6.96. The lowest BCUT2D eigenvalue weighted by molar-refractivity contribution is 0.246. The summed E-state index contributed by atoms with van der Waals surface area (Å²) >= 11 is 0. The van der Waals surface area contributed by atoms with Gasteiger partial charge in [-0.15, -0.1) is 0 Å². The Bertz CT molecular complexity index is 190. The minimum absolute atomic E-state index is 0.534. The summed E-state index contributed by atoms with van der Waals surface area (Å²) in [4.78, 5) is 0. The average Bonchev–Trinajstić information content (AvgIpc) is 2.42. The Hall–Kier alpha value is -0.0400. The van der Waals surface area contributed by atoms with Gasteiger partial charge in [-0.05, 0) is 31.2 Å². The summed E-state index contributed by atoms with van der Waals surface area (Å²) < 4.78 is 0. The van der Waals surface area contributed by atoms with E-state index < -0.39 is 0 Å². The zero-order valence-electron chi connectivity index (χ0n) is 14.9. The quantitative estimate of drug-likeness (QED) is 0.347. The van der Waals surface area contributed by atoms with Crippen molar-refractivity contribution in [3.05, 3.63) is 0 Å². The van der Waals surface area contributed by atoms with Crippen LogP contribution in [0, 0.1) is 5.41 Å². The summed E-state index contributed by atoms with van der Waals surface area (Å²) in [5.74, 6) is 0. The van der Waals surface area contributed by atoms with Crippen molar-refractivity contribution in [1.29, 1.82) is 0 Å². The zero-order chi connectivity index (χ0) is 15.1. The first-order valence-electron chi connectivity index (χ1n) is 9.39. The van der Waals surface area contributed by atoms with Gasteiger partial charge in [-0.25, -0.2) is 0 Å². The van der Waals surface area contributed by atoms with E-state index in [-0.39, 0.29) is 0 Å². The van der Waals surface area contributed by atoms with Crippen molar-refractivity contribution in [3.63, 3.8) is 0 Å². The Morgan fingerprint density at radius 3 is 1.80 bits per heavy atom. The lowest BCUT2D eigenvalue weighted by Gasteiger charge is -2.30. The molecule has 0 aliphatic carbocycles. The molecule has 1 unspecified atom stereocenters. The van der Waals surface area contributed by atoms with Gasteiger partial charge in [0.2, 0.25) is 0 Å². The molecule has 0 aromatic carbocycles. The number of hydrogen-bond acceptors (Lipinski definition) is 1. The molecular formula is C19H41N. The molecule has 0 saturated carbocycles. The highest BCUT2D eigenvalue weighted by atomic mass is 14.9. The van der Waals surface area contributed by atoms with Gasteiger partial charge in [-0.1, -0.05) is 85.5 Å². The third-order valence-electron chi connectivity index (χ3n) is 4.47. The highest BCUT2D eigenvalue weighted by molar-refractivity contribution is 4.76. The molecule has 1 atom stereocenters. The monoisotopic (exact) mass is 283 g/mol. The molecule has 0 aromatic heterocycles. The topological polar surface area (TPSA) is 12.0 Å². The van der Waals surface area contributed by atoms with E-state index in [1.807, 2.05) is 0 Å². The molecule has 0 spiro atoms. The normalized spacial score (nSPS) is 14.4. The first kappa shape index (κ1) is 20.0. The second-order valence-corrected chi connectivity index (χ2v) is 6.96. The SMILES string of the molecule is CCCCCCCCCCC(C)(CCC)CNCCC. The van der Waals surface area contributed by atoms with E-state index in [4.69, 9.17) is 0 Å². The predicted octanol–water partition coefficient (Wildman–Crippen LogP) is 6.32. The maximum Gasteiger partial charge on any atom is 0.000516 e. The molecule has 0 amide bonds. The molecule has 0 aliphatic rings. The summed E-state index contributed by atoms with van der Waals surface area (Å²) in [7, 11) is 0. The van der Waals surface area contributed by atoms with Crippen molar-refractivity contribution in [1.82, 2.24) is 5.32 Å². The number of rotatable bonds is 15. The van der Waals surface area contributed by atoms with Crippen LogP contribution in [0.1, 0.15) is 105 Å². The summed E-state index contributed by atoms with van der Waals surface area (Å²) in [5, 5.41) is 3.64. The first-order valence-corrected chi connectivity index (χ1v) is 9.39. The van der Waals surface area contributed by atoms with Crippen LogP contribution in [0.25, 0.3) is 0 Å². The number of unbranched alkanes of at least 4 members (excludes halogenated alkanes) is 7. The molecule has 0 heterocycles. The largest absolute Gasteiger partial charge is 0.316 e. The number of hydrogen-bond donors (Lipinski definition) is 1. The Morgan fingerprint density at radius 2 is 1.25 bits per heavy atom. The Labute approximate surface area is 129 Å². The molecular weight excluding hydrogens is 242 g/mol. The van der Waals surface area contributed by atoms with Crippen molar-refractivity contribution >= 4 is 0 Å². The molecule has 0 fully saturated rings. The maximum absolute atomic E-state index is 3.64. The smallest absolute Gasteiger partial charge is 0.000516 e. The fourth-order valence-corrected chi connectivity index (χ4v) is 3.16. The van der Waals surface area contributed by atoms with Crippen LogP contribution in [0.2, 0.25) is 0 Å². The Kier molecular flexibility index (Phi) is 13.9. The highest BCUT2D eigenvalue weighted by Gasteiger charge is 2.21. The van der Waals surface area contributed by atoms with Crippen molar-refractivity contribution in [2.75, 3.05) is 13.1 Å². The van der Waals surface area contributed by atoms with E-state index in [2.05, 4.69) is 33.0 Å². The molecule has 0 saturated heterocycles. The molecule has 0 rings (SSSR count). The van der Waals surface area contributed by atoms with Crippen LogP contribution in [-0.4, -0.2) is 13.1 Å². The van der Waals surface area contributed by atoms with E-state index in [9.17, 15) is 0 Å². The standard InChI is InChI=1S/C19H41N/c1-5-8-9-10-11-12-13-14-16-19(4,15-6-2)18-20-17-7-3/h20H,5-18H2,1-4H3. The predicted molar refractivity (Wildman–Crippen MR) is 93.4 cm³/mol. The van der Waals surface area contributed by atoms with Crippen LogP contribution in [0.3, 0.4) is 0 Å². The van der Waals surface area contributed by atoms with Crippen LogP contribution in [0.4, 0.5) is 0 Å². The fourth-order valence-electron chi connectivity index (χ4n) is 3.16. The summed E-state index contributed by atoms with van der Waals surface area (Å²) in [6.45, 7) is 11.7. The average molecular weight is 284 g/mol. The summed E-state index contributed by atoms with van der Waals surface area (Å²) in [5.41, 5.74) is 0.534. The van der Waals surface area contributed by atoms with E-state index in [1.54, 1.807) is 0 Å². The van der Waals surface area contributed by atoms with E-state index >= 15 is 0 Å². The van der Waals surface area contributed by atoms with Crippen molar-refractivity contribution in [3.8, 4) is 0 Å². The third-order valence-corrected chi connectivity index (χ3v) is 4.47. The van der Waals surface area contributed by atoms with E-state index in [1.165, 1.54) is 90.1 Å². The number of nitrogens with one attached hydrogen (secondary N) is 1. The molecule has 0 bridgehead atoms. The molecule has 122 valence electrons. The molecule has 0 radical (unpaired) electrons. The molecule has 1 nitrogen and oxygen atoms in total. The minimum Gasteiger partial charge on any atom is -0.316 e. The lowest BCUT2D eigenvalue weighted by Crippen LogP contribution is -2.32. The zero-order valence-corrected chi connectivity index (χ0v) is 14.9. The van der Waals surface area contributed by atoms with Crippen LogP contribution in [0.15, 0.2) is 0 Å². The first-order chi connectivity index (χ1) is 9.68. The third kappa shape index (κ3) is 11.8. The Morgan fingerprint density at radius 1 is 0.650 bits per heavy atom.